The van der Waals surface area contributed by atoms with E-state index in [4.69, 9.17) is 9.59 Å². The van der Waals surface area contributed by atoms with Crippen LogP contribution in [0.3, 0.4) is 0 Å². The number of halogens is 1. The minimum Gasteiger partial charge on any atom is -0.378 e. The van der Waals surface area contributed by atoms with Crippen molar-refractivity contribution in [2.75, 3.05) is 0 Å². The van der Waals surface area contributed by atoms with Gasteiger partial charge in [0.2, 0.25) is 0 Å². The molecule has 2 heterocycles. The fourth-order valence-electron chi connectivity index (χ4n) is 2.53. The lowest BCUT2D eigenvalue weighted by molar-refractivity contribution is -0.114. The average molecular weight is 491 g/mol. The highest BCUT2D eigenvalue weighted by Crippen LogP contribution is 2.31. The van der Waals surface area contributed by atoms with Gasteiger partial charge in [0, 0.05) is 0 Å². The van der Waals surface area contributed by atoms with Crippen molar-refractivity contribution in [3.8, 4) is 5.75 Å². The Morgan fingerprint density at radius 1 is 1.17 bits per heavy atom. The van der Waals surface area contributed by atoms with E-state index < -0.39 is 16.0 Å². The van der Waals surface area contributed by atoms with E-state index in [2.05, 4.69) is 26.0 Å². The number of aliphatic imine (C=N–C) groups is 1. The smallest absolute Gasteiger partial charge is 0.339 e. The molecule has 2 aromatic carbocycles. The highest BCUT2D eigenvalue weighted by atomic mass is 79.9. The molecule has 0 spiro atoms. The number of amides is 1. The first kappa shape index (κ1) is 19.6. The SMILES string of the molecule is N=C1/C(=C\c2ccc(OS(=O)(=O)c3ccccc3)c(Br)c2)C(=O)N=C2SC=NN12. The number of benzene rings is 2. The van der Waals surface area contributed by atoms with Gasteiger partial charge in [-0.05, 0) is 63.6 Å². The number of nitrogens with one attached hydrogen (secondary N) is 1. The molecule has 0 bridgehead atoms. The zero-order chi connectivity index (χ0) is 20.6. The summed E-state index contributed by atoms with van der Waals surface area (Å²) >= 11 is 4.45. The van der Waals surface area contributed by atoms with E-state index >= 15 is 0 Å². The third-order valence-electron chi connectivity index (χ3n) is 3.89. The maximum atomic E-state index is 12.4. The first-order valence-electron chi connectivity index (χ1n) is 8.07. The summed E-state index contributed by atoms with van der Waals surface area (Å²) in [6.07, 6.45) is 1.49. The van der Waals surface area contributed by atoms with Crippen LogP contribution in [0.5, 0.6) is 5.75 Å². The van der Waals surface area contributed by atoms with E-state index in [9.17, 15) is 13.2 Å². The summed E-state index contributed by atoms with van der Waals surface area (Å²) in [4.78, 5) is 16.2. The highest BCUT2D eigenvalue weighted by Gasteiger charge is 2.32. The molecular formula is C18H11BrN4O4S2. The van der Waals surface area contributed by atoms with E-state index in [-0.39, 0.29) is 22.1 Å². The number of rotatable bonds is 4. The van der Waals surface area contributed by atoms with Crippen LogP contribution in [-0.4, -0.2) is 35.9 Å². The lowest BCUT2D eigenvalue weighted by Gasteiger charge is -2.20. The second-order valence-corrected chi connectivity index (χ2v) is 9.01. The Morgan fingerprint density at radius 2 is 1.93 bits per heavy atom. The van der Waals surface area contributed by atoms with Gasteiger partial charge in [0.1, 0.15) is 4.90 Å². The van der Waals surface area contributed by atoms with Gasteiger partial charge in [0.15, 0.2) is 16.8 Å². The summed E-state index contributed by atoms with van der Waals surface area (Å²) in [6, 6.07) is 12.4. The largest absolute Gasteiger partial charge is 0.378 e. The fraction of sp³-hybridized carbons (Fsp3) is 0. The van der Waals surface area contributed by atoms with Gasteiger partial charge in [0.25, 0.3) is 5.91 Å². The van der Waals surface area contributed by atoms with Gasteiger partial charge < -0.3 is 4.18 Å². The molecule has 146 valence electrons. The number of amidine groups is 2. The molecule has 29 heavy (non-hydrogen) atoms. The van der Waals surface area contributed by atoms with Crippen molar-refractivity contribution in [2.45, 2.75) is 4.90 Å². The molecule has 0 saturated heterocycles. The van der Waals surface area contributed by atoms with Gasteiger partial charge in [-0.1, -0.05) is 24.3 Å². The van der Waals surface area contributed by atoms with Gasteiger partial charge >= 0.3 is 10.1 Å². The third kappa shape index (κ3) is 3.88. The molecule has 1 amide bonds. The monoisotopic (exact) mass is 490 g/mol. The zero-order valence-electron chi connectivity index (χ0n) is 14.4. The van der Waals surface area contributed by atoms with Crippen molar-refractivity contribution in [1.82, 2.24) is 5.01 Å². The summed E-state index contributed by atoms with van der Waals surface area (Å²) in [5, 5.41) is 13.8. The molecule has 2 aliphatic rings. The predicted molar refractivity (Wildman–Crippen MR) is 114 cm³/mol. The Kier molecular flexibility index (Phi) is 5.11. The van der Waals surface area contributed by atoms with Crippen molar-refractivity contribution < 1.29 is 17.4 Å². The molecule has 0 atom stereocenters. The van der Waals surface area contributed by atoms with Crippen molar-refractivity contribution in [2.24, 2.45) is 10.1 Å². The van der Waals surface area contributed by atoms with Crippen LogP contribution in [-0.2, 0) is 14.9 Å². The third-order valence-corrected chi connectivity index (χ3v) is 6.44. The number of carbonyl (C=O) groups excluding carboxylic acids is 1. The summed E-state index contributed by atoms with van der Waals surface area (Å²) in [5.41, 5.74) is 2.13. The number of carbonyl (C=O) groups is 1. The number of fused-ring (bicyclic) bond motifs is 1. The van der Waals surface area contributed by atoms with Crippen molar-refractivity contribution in [3.63, 3.8) is 0 Å². The van der Waals surface area contributed by atoms with Crippen molar-refractivity contribution in [3.05, 3.63) is 64.1 Å². The molecule has 0 aromatic heterocycles. The Balaban J connectivity index is 1.61. The maximum Gasteiger partial charge on any atom is 0.339 e. The number of thioether (sulfide) groups is 1. The van der Waals surface area contributed by atoms with Crippen LogP contribution in [0.15, 0.2) is 73.6 Å². The predicted octanol–water partition coefficient (Wildman–Crippen LogP) is 3.47. The van der Waals surface area contributed by atoms with Gasteiger partial charge in [-0.25, -0.2) is 0 Å². The molecule has 0 radical (unpaired) electrons. The van der Waals surface area contributed by atoms with Crippen molar-refractivity contribution >= 4 is 66.3 Å². The lowest BCUT2D eigenvalue weighted by atomic mass is 10.1. The quantitative estimate of drug-likeness (QED) is 0.518. The molecule has 8 nitrogen and oxygen atoms in total. The normalized spacial score (nSPS) is 17.5. The maximum absolute atomic E-state index is 12.4. The molecular weight excluding hydrogens is 480 g/mol. The van der Waals surface area contributed by atoms with Gasteiger partial charge in [-0.15, -0.1) is 0 Å². The highest BCUT2D eigenvalue weighted by molar-refractivity contribution is 9.10. The second-order valence-electron chi connectivity index (χ2n) is 5.80. The number of hydrogen-bond acceptors (Lipinski definition) is 7. The molecule has 2 aliphatic heterocycles. The van der Waals surface area contributed by atoms with Crippen LogP contribution >= 0.6 is 27.7 Å². The lowest BCUT2D eigenvalue weighted by Crippen LogP contribution is -2.35. The molecule has 4 rings (SSSR count). The molecule has 11 heteroatoms. The summed E-state index contributed by atoms with van der Waals surface area (Å²) in [6.45, 7) is 0. The van der Waals surface area contributed by atoms with Crippen LogP contribution in [0.2, 0.25) is 0 Å². The zero-order valence-corrected chi connectivity index (χ0v) is 17.7. The van der Waals surface area contributed by atoms with Crippen molar-refractivity contribution in [1.29, 1.82) is 5.41 Å². The molecule has 1 N–H and O–H groups in total. The van der Waals surface area contributed by atoms with E-state index in [0.29, 0.717) is 15.2 Å². The first-order valence-corrected chi connectivity index (χ1v) is 11.2. The Bertz CT molecular complexity index is 1220. The first-order chi connectivity index (χ1) is 13.8. The fourth-order valence-corrected chi connectivity index (χ4v) is 4.69. The Hall–Kier alpha value is -2.76. The molecule has 0 saturated carbocycles. The summed E-state index contributed by atoms with van der Waals surface area (Å²) in [7, 11) is -3.98. The van der Waals surface area contributed by atoms with Gasteiger partial charge in [0.05, 0.1) is 15.6 Å². The number of hydrogen-bond donors (Lipinski definition) is 1. The van der Waals surface area contributed by atoms with Crippen LogP contribution in [0.1, 0.15) is 5.56 Å². The van der Waals surface area contributed by atoms with Crippen LogP contribution in [0.4, 0.5) is 0 Å². The molecule has 2 aromatic rings. The van der Waals surface area contributed by atoms with Crippen LogP contribution < -0.4 is 4.18 Å². The minimum absolute atomic E-state index is 0.0389. The molecule has 0 aliphatic carbocycles. The average Bonchev–Trinajstić information content (AvgIpc) is 3.16. The topological polar surface area (TPSA) is 112 Å². The van der Waals surface area contributed by atoms with Crippen LogP contribution in [0, 0.1) is 5.41 Å². The van der Waals surface area contributed by atoms with E-state index in [1.807, 2.05) is 0 Å². The second kappa shape index (κ2) is 7.58. The Labute approximate surface area is 178 Å². The molecule has 0 fully saturated rings. The minimum atomic E-state index is -3.98. The summed E-state index contributed by atoms with van der Waals surface area (Å²) < 4.78 is 30.3. The van der Waals surface area contributed by atoms with E-state index in [1.54, 1.807) is 30.3 Å². The van der Waals surface area contributed by atoms with E-state index in [1.165, 1.54) is 34.8 Å². The van der Waals surface area contributed by atoms with Gasteiger partial charge in [-0.3, -0.25) is 10.2 Å². The number of hydrazone groups is 1. The number of nitrogens with zero attached hydrogens (tertiary/aromatic N) is 3. The van der Waals surface area contributed by atoms with Gasteiger partial charge in [-0.2, -0.15) is 23.5 Å². The van der Waals surface area contributed by atoms with E-state index in [0.717, 1.165) is 11.8 Å². The Morgan fingerprint density at radius 3 is 2.66 bits per heavy atom. The standard InChI is InChI=1S/C18H11BrN4O4S2/c19-14-9-11(8-13-16(20)23-18(22-17(13)24)28-10-21-23)6-7-15(14)27-29(25,26)12-4-2-1-3-5-12/h1-10,20H/b13-8+,20-16?. The summed E-state index contributed by atoms with van der Waals surface area (Å²) in [5.74, 6) is -0.520. The van der Waals surface area contributed by atoms with Crippen LogP contribution in [0.25, 0.3) is 6.08 Å². The molecule has 0 unspecified atom stereocenters.